The topological polar surface area (TPSA) is 77.1 Å². The molecule has 2 atom stereocenters. The van der Waals surface area contributed by atoms with Crippen molar-refractivity contribution in [3.05, 3.63) is 47.6 Å². The van der Waals surface area contributed by atoms with Crippen LogP contribution in [-0.4, -0.2) is 28.1 Å². The predicted molar refractivity (Wildman–Crippen MR) is 84.4 cm³/mol. The molecule has 0 saturated carbocycles. The molecule has 1 aliphatic carbocycles. The molecule has 0 amide bonds. The van der Waals surface area contributed by atoms with E-state index in [0.717, 1.165) is 0 Å². The van der Waals surface area contributed by atoms with Gasteiger partial charge in [0.2, 0.25) is 0 Å². The molecular weight excluding hydrogens is 332 g/mol. The summed E-state index contributed by atoms with van der Waals surface area (Å²) in [5.74, 6) is -2.20. The number of hydrogen-bond donors (Lipinski definition) is 1. The third kappa shape index (κ3) is 3.38. The number of carbonyl (C=O) groups excluding carboxylic acids is 1. The Kier molecular flexibility index (Phi) is 4.78. The van der Waals surface area contributed by atoms with Crippen molar-refractivity contribution in [2.24, 2.45) is 5.92 Å². The first-order valence-electron chi connectivity index (χ1n) is 7.74. The van der Waals surface area contributed by atoms with E-state index in [4.69, 9.17) is 9.47 Å². The Hall–Kier alpha value is -2.77. The number of carbonyl (C=O) groups is 1. The second kappa shape index (κ2) is 7.00. The number of methoxy groups -OCH3 is 1. The highest BCUT2D eigenvalue weighted by Crippen LogP contribution is 2.42. The van der Waals surface area contributed by atoms with Gasteiger partial charge in [-0.3, -0.25) is 9.89 Å². The minimum atomic E-state index is -0.826. The zero-order chi connectivity index (χ0) is 18.0. The summed E-state index contributed by atoms with van der Waals surface area (Å²) in [6.45, 7) is 1.61. The highest BCUT2D eigenvalue weighted by molar-refractivity contribution is 5.85. The number of aromatic nitrogens is 3. The van der Waals surface area contributed by atoms with Gasteiger partial charge in [0.05, 0.1) is 7.11 Å². The molecule has 6 nitrogen and oxygen atoms in total. The monoisotopic (exact) mass is 349 g/mol. The summed E-state index contributed by atoms with van der Waals surface area (Å²) >= 11 is 0. The van der Waals surface area contributed by atoms with Gasteiger partial charge in [-0.1, -0.05) is 6.92 Å². The van der Waals surface area contributed by atoms with E-state index in [-0.39, 0.29) is 30.3 Å². The molecule has 25 heavy (non-hydrogen) atoms. The Labute approximate surface area is 142 Å². The lowest BCUT2D eigenvalue weighted by Gasteiger charge is -2.26. The van der Waals surface area contributed by atoms with Crippen molar-refractivity contribution >= 4 is 5.78 Å². The molecule has 1 heterocycles. The van der Waals surface area contributed by atoms with Gasteiger partial charge in [-0.05, 0) is 23.8 Å². The first kappa shape index (κ1) is 17.1. The van der Waals surface area contributed by atoms with Crippen molar-refractivity contribution in [2.45, 2.75) is 25.9 Å². The minimum Gasteiger partial charge on any atom is -0.493 e. The highest BCUT2D eigenvalue weighted by Gasteiger charge is 2.33. The van der Waals surface area contributed by atoms with Crippen LogP contribution >= 0.6 is 0 Å². The molecule has 0 spiro atoms. The number of H-pyrrole nitrogens is 1. The Bertz CT molecular complexity index is 806. The van der Waals surface area contributed by atoms with Crippen LogP contribution in [0.2, 0.25) is 0 Å². The van der Waals surface area contributed by atoms with Crippen LogP contribution in [0, 0.1) is 11.7 Å². The van der Waals surface area contributed by atoms with Crippen LogP contribution in [-0.2, 0) is 11.4 Å². The number of halogens is 2. The SMILES string of the molecule is COc1cc(C2C(F)=CCC(=O)C2C)cc(F)c1OCc1ncn[nH]1. The zero-order valence-electron chi connectivity index (χ0n) is 13.8. The average Bonchev–Trinajstić information content (AvgIpc) is 3.10. The van der Waals surface area contributed by atoms with E-state index in [1.165, 1.54) is 31.6 Å². The second-order valence-electron chi connectivity index (χ2n) is 5.78. The number of Topliss-reactive ketones (excluding diaryl/α,β-unsaturated/α-hetero) is 1. The molecule has 1 aromatic heterocycles. The van der Waals surface area contributed by atoms with Gasteiger partial charge in [-0.2, -0.15) is 5.10 Å². The fourth-order valence-electron chi connectivity index (χ4n) is 2.88. The minimum absolute atomic E-state index is 0.0286. The lowest BCUT2D eigenvalue weighted by Crippen LogP contribution is -2.23. The Balaban J connectivity index is 1.92. The quantitative estimate of drug-likeness (QED) is 0.898. The summed E-state index contributed by atoms with van der Waals surface area (Å²) in [5.41, 5.74) is 0.329. The van der Waals surface area contributed by atoms with Gasteiger partial charge in [0.25, 0.3) is 0 Å². The van der Waals surface area contributed by atoms with E-state index in [1.807, 2.05) is 0 Å². The Morgan fingerprint density at radius 2 is 2.16 bits per heavy atom. The van der Waals surface area contributed by atoms with Crippen molar-refractivity contribution in [1.29, 1.82) is 0 Å². The number of allylic oxidation sites excluding steroid dienone is 2. The fourth-order valence-corrected chi connectivity index (χ4v) is 2.88. The molecule has 0 radical (unpaired) electrons. The summed E-state index contributed by atoms with van der Waals surface area (Å²) in [4.78, 5) is 15.8. The standard InChI is InChI=1S/C17H17F2N3O3/c1-9-13(23)4-3-11(18)16(9)10-5-12(19)17(14(6-10)24-2)25-7-15-20-8-21-22-15/h3,5-6,8-9,16H,4,7H2,1-2H3,(H,20,21,22). The summed E-state index contributed by atoms with van der Waals surface area (Å²) < 4.78 is 39.4. The molecule has 1 aromatic carbocycles. The second-order valence-corrected chi connectivity index (χ2v) is 5.78. The van der Waals surface area contributed by atoms with Crippen molar-refractivity contribution < 1.29 is 23.0 Å². The third-order valence-electron chi connectivity index (χ3n) is 4.23. The molecule has 8 heteroatoms. The number of nitrogens with one attached hydrogen (secondary N) is 1. The van der Waals surface area contributed by atoms with E-state index in [1.54, 1.807) is 6.92 Å². The van der Waals surface area contributed by atoms with Crippen LogP contribution in [0.4, 0.5) is 8.78 Å². The number of benzene rings is 1. The molecule has 1 aliphatic rings. The Morgan fingerprint density at radius 3 is 2.84 bits per heavy atom. The summed E-state index contributed by atoms with van der Waals surface area (Å²) in [5, 5.41) is 6.28. The Morgan fingerprint density at radius 1 is 1.36 bits per heavy atom. The zero-order valence-corrected chi connectivity index (χ0v) is 13.8. The van der Waals surface area contributed by atoms with Gasteiger partial charge in [0.1, 0.15) is 24.5 Å². The van der Waals surface area contributed by atoms with Crippen molar-refractivity contribution in [3.63, 3.8) is 0 Å². The number of ketones is 1. The van der Waals surface area contributed by atoms with Gasteiger partial charge in [-0.25, -0.2) is 13.8 Å². The van der Waals surface area contributed by atoms with Crippen LogP contribution in [0.3, 0.4) is 0 Å². The lowest BCUT2D eigenvalue weighted by molar-refractivity contribution is -0.122. The molecule has 0 bridgehead atoms. The summed E-state index contributed by atoms with van der Waals surface area (Å²) in [6.07, 6.45) is 2.61. The van der Waals surface area contributed by atoms with E-state index < -0.39 is 23.5 Å². The van der Waals surface area contributed by atoms with E-state index in [9.17, 15) is 13.6 Å². The van der Waals surface area contributed by atoms with Gasteiger partial charge in [0, 0.05) is 18.3 Å². The summed E-state index contributed by atoms with van der Waals surface area (Å²) in [7, 11) is 1.36. The number of nitrogens with zero attached hydrogens (tertiary/aromatic N) is 2. The highest BCUT2D eigenvalue weighted by atomic mass is 19.1. The van der Waals surface area contributed by atoms with Gasteiger partial charge >= 0.3 is 0 Å². The van der Waals surface area contributed by atoms with Gasteiger partial charge in [0.15, 0.2) is 23.1 Å². The van der Waals surface area contributed by atoms with Gasteiger partial charge < -0.3 is 9.47 Å². The van der Waals surface area contributed by atoms with Crippen LogP contribution in [0.5, 0.6) is 11.5 Å². The number of aromatic amines is 1. The lowest BCUT2D eigenvalue weighted by atomic mass is 9.79. The molecule has 1 N–H and O–H groups in total. The third-order valence-corrected chi connectivity index (χ3v) is 4.23. The van der Waals surface area contributed by atoms with E-state index in [0.29, 0.717) is 11.4 Å². The molecule has 0 aliphatic heterocycles. The first-order valence-corrected chi connectivity index (χ1v) is 7.74. The first-order chi connectivity index (χ1) is 12.0. The molecule has 132 valence electrons. The molecular formula is C17H17F2N3O3. The van der Waals surface area contributed by atoms with Crippen LogP contribution in [0.25, 0.3) is 0 Å². The van der Waals surface area contributed by atoms with Crippen molar-refractivity contribution in [1.82, 2.24) is 15.2 Å². The van der Waals surface area contributed by atoms with E-state index >= 15 is 0 Å². The number of hydrogen-bond acceptors (Lipinski definition) is 5. The van der Waals surface area contributed by atoms with Crippen LogP contribution in [0.1, 0.15) is 30.7 Å². The van der Waals surface area contributed by atoms with Crippen LogP contribution < -0.4 is 9.47 Å². The maximum atomic E-state index is 14.6. The molecule has 3 rings (SSSR count). The molecule has 2 aromatic rings. The van der Waals surface area contributed by atoms with Gasteiger partial charge in [-0.15, -0.1) is 0 Å². The fraction of sp³-hybridized carbons (Fsp3) is 0.353. The molecule has 2 unspecified atom stereocenters. The number of ether oxygens (including phenoxy) is 2. The van der Waals surface area contributed by atoms with Crippen molar-refractivity contribution in [3.8, 4) is 11.5 Å². The molecule has 0 fully saturated rings. The molecule has 0 saturated heterocycles. The van der Waals surface area contributed by atoms with Crippen molar-refractivity contribution in [2.75, 3.05) is 7.11 Å². The summed E-state index contributed by atoms with van der Waals surface area (Å²) in [6, 6.07) is 2.66. The maximum absolute atomic E-state index is 14.6. The number of rotatable bonds is 5. The average molecular weight is 349 g/mol. The normalized spacial score (nSPS) is 20.3. The smallest absolute Gasteiger partial charge is 0.197 e. The maximum Gasteiger partial charge on any atom is 0.197 e. The largest absolute Gasteiger partial charge is 0.493 e. The van der Waals surface area contributed by atoms with Crippen LogP contribution in [0.15, 0.2) is 30.4 Å². The van der Waals surface area contributed by atoms with E-state index in [2.05, 4.69) is 15.2 Å². The predicted octanol–water partition coefficient (Wildman–Crippen LogP) is 3.08.